The SMILES string of the molecule is COC(=O)N[C@H](C(=O)NCC(F)(F)CC[C@H](NS(=O)(=O)c1ccc2ncsc2c1)C(=O)OC)C(c1ccccc1)c1ccccc1. The monoisotopic (exact) mass is 674 g/mol. The fraction of sp³-hybridized carbons (Fsp3) is 0.290. The molecule has 2 atom stereocenters. The maximum absolute atomic E-state index is 15.2. The number of carbonyl (C=O) groups excluding carboxylic acids is 3. The minimum atomic E-state index is -4.30. The van der Waals surface area contributed by atoms with Gasteiger partial charge >= 0.3 is 12.1 Å². The van der Waals surface area contributed by atoms with Crippen molar-refractivity contribution in [2.75, 3.05) is 20.8 Å². The summed E-state index contributed by atoms with van der Waals surface area (Å²) in [5, 5.41) is 4.67. The quantitative estimate of drug-likeness (QED) is 0.168. The van der Waals surface area contributed by atoms with Crippen LogP contribution in [0.25, 0.3) is 10.2 Å². The van der Waals surface area contributed by atoms with Crippen molar-refractivity contribution in [1.29, 1.82) is 0 Å². The van der Waals surface area contributed by atoms with Crippen LogP contribution in [0.1, 0.15) is 29.9 Å². The van der Waals surface area contributed by atoms with Crippen LogP contribution in [0.15, 0.2) is 89.3 Å². The Bertz CT molecular complexity index is 1720. The number of alkyl carbamates (subject to hydrolysis) is 1. The molecule has 0 radical (unpaired) electrons. The smallest absolute Gasteiger partial charge is 0.407 e. The molecule has 0 bridgehead atoms. The Morgan fingerprint density at radius 2 is 1.57 bits per heavy atom. The Hall–Kier alpha value is -4.47. The van der Waals surface area contributed by atoms with E-state index in [4.69, 9.17) is 4.74 Å². The minimum Gasteiger partial charge on any atom is -0.468 e. The first-order valence-electron chi connectivity index (χ1n) is 14.0. The van der Waals surface area contributed by atoms with Crippen LogP contribution in [-0.2, 0) is 29.1 Å². The lowest BCUT2D eigenvalue weighted by Crippen LogP contribution is -2.52. The Morgan fingerprint density at radius 3 is 2.15 bits per heavy atom. The van der Waals surface area contributed by atoms with Gasteiger partial charge < -0.3 is 20.1 Å². The molecule has 2 amide bonds. The zero-order chi connectivity index (χ0) is 33.3. The number of rotatable bonds is 14. The average Bonchev–Trinajstić information content (AvgIpc) is 3.54. The molecule has 0 fully saturated rings. The summed E-state index contributed by atoms with van der Waals surface area (Å²) in [5.74, 6) is -6.32. The van der Waals surface area contributed by atoms with E-state index >= 15 is 8.78 Å². The first-order valence-corrected chi connectivity index (χ1v) is 16.3. The van der Waals surface area contributed by atoms with E-state index in [0.717, 1.165) is 14.2 Å². The molecular formula is C31H32F2N4O7S2. The summed E-state index contributed by atoms with van der Waals surface area (Å²) >= 11 is 1.22. The molecule has 4 aromatic rings. The Balaban J connectivity index is 1.48. The summed E-state index contributed by atoms with van der Waals surface area (Å²) in [6, 6.07) is 18.7. The van der Waals surface area contributed by atoms with Crippen LogP contribution in [0.4, 0.5) is 13.6 Å². The molecule has 4 rings (SSSR count). The molecule has 46 heavy (non-hydrogen) atoms. The highest BCUT2D eigenvalue weighted by Gasteiger charge is 2.37. The van der Waals surface area contributed by atoms with Gasteiger partial charge in [-0.15, -0.1) is 11.3 Å². The lowest BCUT2D eigenvalue weighted by Gasteiger charge is -2.28. The van der Waals surface area contributed by atoms with Gasteiger partial charge in [0.15, 0.2) is 0 Å². The number of nitrogens with one attached hydrogen (secondary N) is 3. The number of amides is 2. The van der Waals surface area contributed by atoms with Gasteiger partial charge in [0.1, 0.15) is 12.1 Å². The van der Waals surface area contributed by atoms with Crippen LogP contribution in [0.3, 0.4) is 0 Å². The molecule has 3 aromatic carbocycles. The molecule has 0 saturated carbocycles. The number of carbonyl (C=O) groups is 3. The van der Waals surface area contributed by atoms with Gasteiger partial charge in [0.2, 0.25) is 15.9 Å². The molecule has 0 aliphatic carbocycles. The molecule has 0 unspecified atom stereocenters. The van der Waals surface area contributed by atoms with E-state index in [0.29, 0.717) is 21.3 Å². The fourth-order valence-corrected chi connectivity index (χ4v) is 6.82. The zero-order valence-electron chi connectivity index (χ0n) is 24.8. The van der Waals surface area contributed by atoms with Crippen molar-refractivity contribution in [2.24, 2.45) is 0 Å². The van der Waals surface area contributed by atoms with Gasteiger partial charge in [-0.25, -0.2) is 27.0 Å². The van der Waals surface area contributed by atoms with Crippen molar-refractivity contribution in [3.63, 3.8) is 0 Å². The van der Waals surface area contributed by atoms with Crippen LogP contribution >= 0.6 is 11.3 Å². The minimum absolute atomic E-state index is 0.173. The zero-order valence-corrected chi connectivity index (χ0v) is 26.4. The summed E-state index contributed by atoms with van der Waals surface area (Å²) < 4.78 is 68.5. The van der Waals surface area contributed by atoms with Crippen molar-refractivity contribution in [3.8, 4) is 0 Å². The van der Waals surface area contributed by atoms with Crippen LogP contribution < -0.4 is 15.4 Å². The molecule has 1 aromatic heterocycles. The average molecular weight is 675 g/mol. The normalized spacial score (nSPS) is 13.2. The third-order valence-electron chi connectivity index (χ3n) is 7.11. The second-order valence-corrected chi connectivity index (χ2v) is 12.8. The van der Waals surface area contributed by atoms with E-state index in [-0.39, 0.29) is 4.90 Å². The number of hydrogen-bond donors (Lipinski definition) is 3. The predicted octanol–water partition coefficient (Wildman–Crippen LogP) is 4.20. The number of nitrogens with zero attached hydrogens (tertiary/aromatic N) is 1. The van der Waals surface area contributed by atoms with E-state index in [9.17, 15) is 22.8 Å². The number of halogens is 2. The fourth-order valence-electron chi connectivity index (χ4n) is 4.78. The third-order valence-corrected chi connectivity index (χ3v) is 9.37. The summed E-state index contributed by atoms with van der Waals surface area (Å²) in [4.78, 5) is 42.1. The summed E-state index contributed by atoms with van der Waals surface area (Å²) in [6.07, 6.45) is -2.57. The number of esters is 1. The topological polar surface area (TPSA) is 153 Å². The molecule has 11 nitrogen and oxygen atoms in total. The van der Waals surface area contributed by atoms with Gasteiger partial charge in [-0.1, -0.05) is 60.7 Å². The molecule has 1 heterocycles. The highest BCUT2D eigenvalue weighted by Crippen LogP contribution is 2.29. The predicted molar refractivity (Wildman–Crippen MR) is 167 cm³/mol. The summed E-state index contributed by atoms with van der Waals surface area (Å²) in [7, 11) is -2.18. The Kier molecular flexibility index (Phi) is 11.4. The van der Waals surface area contributed by atoms with Crippen LogP contribution in [0.2, 0.25) is 0 Å². The molecule has 244 valence electrons. The lowest BCUT2D eigenvalue weighted by molar-refractivity contribution is -0.143. The number of ether oxygens (including phenoxy) is 2. The van der Waals surface area contributed by atoms with Crippen molar-refractivity contribution in [2.45, 2.75) is 41.7 Å². The number of hydrogen-bond acceptors (Lipinski definition) is 9. The van der Waals surface area contributed by atoms with Gasteiger partial charge in [-0.2, -0.15) is 4.72 Å². The van der Waals surface area contributed by atoms with Gasteiger partial charge in [-0.05, 0) is 35.7 Å². The number of alkyl halides is 2. The van der Waals surface area contributed by atoms with E-state index in [1.807, 2.05) is 0 Å². The Morgan fingerprint density at radius 1 is 0.935 bits per heavy atom. The number of sulfonamides is 1. The lowest BCUT2D eigenvalue weighted by atomic mass is 9.84. The van der Waals surface area contributed by atoms with E-state index in [1.54, 1.807) is 66.2 Å². The molecule has 15 heteroatoms. The highest BCUT2D eigenvalue weighted by atomic mass is 32.2. The van der Waals surface area contributed by atoms with Crippen molar-refractivity contribution in [1.82, 2.24) is 20.3 Å². The van der Waals surface area contributed by atoms with Crippen molar-refractivity contribution >= 4 is 49.5 Å². The largest absolute Gasteiger partial charge is 0.468 e. The second-order valence-electron chi connectivity index (χ2n) is 10.2. The van der Waals surface area contributed by atoms with Crippen molar-refractivity contribution < 1.29 is 41.1 Å². The first-order chi connectivity index (χ1) is 21.9. The number of thiazole rings is 1. The molecule has 3 N–H and O–H groups in total. The Labute approximate surface area is 268 Å². The van der Waals surface area contributed by atoms with Gasteiger partial charge in [0, 0.05) is 12.3 Å². The molecule has 0 aliphatic heterocycles. The number of benzene rings is 3. The summed E-state index contributed by atoms with van der Waals surface area (Å²) in [5.41, 5.74) is 3.40. The third kappa shape index (κ3) is 8.83. The molecule has 0 aliphatic rings. The highest BCUT2D eigenvalue weighted by molar-refractivity contribution is 7.89. The molecule has 0 spiro atoms. The number of aromatic nitrogens is 1. The van der Waals surface area contributed by atoms with E-state index in [2.05, 4.69) is 25.1 Å². The molecule has 0 saturated heterocycles. The van der Waals surface area contributed by atoms with Crippen molar-refractivity contribution in [3.05, 3.63) is 95.5 Å². The van der Waals surface area contributed by atoms with Gasteiger partial charge in [0.25, 0.3) is 5.92 Å². The first kappa shape index (κ1) is 34.4. The van der Waals surface area contributed by atoms with Gasteiger partial charge in [0.05, 0.1) is 41.4 Å². The van der Waals surface area contributed by atoms with E-state index < -0.39 is 71.3 Å². The standard InChI is InChI=1S/C31H32F2N4O7S2/c1-43-29(39)24(37-46(41,42)22-13-14-23-25(17-22)45-19-35-23)15-16-31(32,33)18-34-28(38)27(36-30(40)44-2)26(20-9-5-3-6-10-20)21-11-7-4-8-12-21/h3-14,17,19,24,26-27,37H,15-16,18H2,1-2H3,(H,34,38)(H,36,40)/t24-,27-/m0/s1. The molecular weight excluding hydrogens is 642 g/mol. The van der Waals surface area contributed by atoms with E-state index in [1.165, 1.54) is 29.5 Å². The van der Waals surface area contributed by atoms with Crippen LogP contribution in [-0.4, -0.2) is 70.1 Å². The number of methoxy groups -OCH3 is 2. The summed E-state index contributed by atoms with van der Waals surface area (Å²) in [6.45, 7) is -1.16. The number of fused-ring (bicyclic) bond motifs is 1. The van der Waals surface area contributed by atoms with Crippen LogP contribution in [0, 0.1) is 0 Å². The maximum atomic E-state index is 15.2. The van der Waals surface area contributed by atoms with Crippen LogP contribution in [0.5, 0.6) is 0 Å². The van der Waals surface area contributed by atoms with Gasteiger partial charge in [-0.3, -0.25) is 9.59 Å². The maximum Gasteiger partial charge on any atom is 0.407 e. The second kappa shape index (κ2) is 15.2.